The number of carbonyl (C=O) groups is 5. The summed E-state index contributed by atoms with van der Waals surface area (Å²) in [7, 11) is 0. The van der Waals surface area contributed by atoms with Crippen LogP contribution in [-0.2, 0) is 14.4 Å². The van der Waals surface area contributed by atoms with Crippen LogP contribution in [-0.4, -0.2) is 133 Å². The van der Waals surface area contributed by atoms with Crippen LogP contribution in [0.1, 0.15) is 71.7 Å². The van der Waals surface area contributed by atoms with Crippen molar-refractivity contribution in [1.29, 1.82) is 0 Å². The molecule has 0 aliphatic carbocycles. The molecule has 3 N–H and O–H groups in total. The predicted molar refractivity (Wildman–Crippen MR) is 246 cm³/mol. The normalized spacial score (nSPS) is 19.6. The molecule has 3 saturated heterocycles. The topological polar surface area (TPSA) is 189 Å². The van der Waals surface area contributed by atoms with E-state index in [4.69, 9.17) is 15.6 Å². The van der Waals surface area contributed by atoms with E-state index in [1.54, 1.807) is 30.0 Å². The summed E-state index contributed by atoms with van der Waals surface area (Å²) >= 11 is 1.56. The van der Waals surface area contributed by atoms with Crippen LogP contribution in [0.3, 0.4) is 0 Å². The van der Waals surface area contributed by atoms with Crippen LogP contribution in [0.5, 0.6) is 11.5 Å². The van der Waals surface area contributed by atoms with Gasteiger partial charge in [0, 0.05) is 68.8 Å². The molecule has 9 rings (SSSR count). The molecule has 0 bridgehead atoms. The number of nitrogens with one attached hydrogen (secondary N) is 1. The average molecular weight is 897 g/mol. The largest absolute Gasteiger partial charge is 0.457 e. The molecule has 17 heteroatoms. The van der Waals surface area contributed by atoms with Gasteiger partial charge in [0.2, 0.25) is 17.7 Å². The summed E-state index contributed by atoms with van der Waals surface area (Å²) in [5.74, 6) is 0.682. The second-order valence-corrected chi connectivity index (χ2v) is 18.0. The highest BCUT2D eigenvalue weighted by Crippen LogP contribution is 2.37. The monoisotopic (exact) mass is 896 g/mol. The van der Waals surface area contributed by atoms with E-state index < -0.39 is 29.7 Å². The number of rotatable bonds is 15. The van der Waals surface area contributed by atoms with Gasteiger partial charge >= 0.3 is 0 Å². The number of hydrogen-bond donors (Lipinski definition) is 2. The third-order valence-electron chi connectivity index (χ3n) is 12.6. The first-order chi connectivity index (χ1) is 31.7. The molecule has 5 aromatic rings. The SMILES string of the molecule is Nc1ncnc2c1c(-c1ccc(Oc3ccccc3)cc1)nn2C1CCCN(C(=O)/C=C/CN2CCN(CCCCCSc3cccc4c3C(=O)N(C3CCC(=O)NC3=O)C4=O)CC2)C1. The molecule has 0 spiro atoms. The summed E-state index contributed by atoms with van der Waals surface area (Å²) in [6.45, 7) is 6.75. The molecule has 336 valence electrons. The van der Waals surface area contributed by atoms with Gasteiger partial charge in [-0.25, -0.2) is 14.6 Å². The van der Waals surface area contributed by atoms with Crippen molar-refractivity contribution in [3.05, 3.63) is 102 Å². The smallest absolute Gasteiger partial charge is 0.263 e. The number of anilines is 1. The maximum absolute atomic E-state index is 13.5. The van der Waals surface area contributed by atoms with Gasteiger partial charge in [0.25, 0.3) is 11.8 Å². The van der Waals surface area contributed by atoms with Gasteiger partial charge in [-0.3, -0.25) is 39.1 Å². The number of thioether (sulfide) groups is 1. The Morgan fingerprint density at radius 2 is 1.63 bits per heavy atom. The first-order valence-electron chi connectivity index (χ1n) is 22.4. The number of benzene rings is 3. The summed E-state index contributed by atoms with van der Waals surface area (Å²) in [6.07, 6.45) is 10.2. The maximum Gasteiger partial charge on any atom is 0.263 e. The fourth-order valence-electron chi connectivity index (χ4n) is 9.12. The van der Waals surface area contributed by atoms with Crippen molar-refractivity contribution in [2.24, 2.45) is 0 Å². The van der Waals surface area contributed by atoms with Crippen LogP contribution in [0.4, 0.5) is 5.82 Å². The number of piperazine rings is 1. The number of carbonyl (C=O) groups excluding carboxylic acids is 5. The van der Waals surface area contributed by atoms with Crippen molar-refractivity contribution < 1.29 is 28.7 Å². The van der Waals surface area contributed by atoms with Gasteiger partial charge < -0.3 is 20.3 Å². The lowest BCUT2D eigenvalue weighted by atomic mass is 10.0. The molecule has 4 aliphatic rings. The Morgan fingerprint density at radius 3 is 2.43 bits per heavy atom. The molecule has 0 saturated carbocycles. The van der Waals surface area contributed by atoms with Gasteiger partial charge in [-0.05, 0) is 92.9 Å². The number of nitrogen functional groups attached to an aromatic ring is 1. The Morgan fingerprint density at radius 1 is 0.846 bits per heavy atom. The van der Waals surface area contributed by atoms with Gasteiger partial charge in [0.1, 0.15) is 35.4 Å². The van der Waals surface area contributed by atoms with E-state index in [-0.39, 0.29) is 24.8 Å². The van der Waals surface area contributed by atoms with E-state index in [2.05, 4.69) is 25.1 Å². The molecule has 5 amide bonds. The fourth-order valence-corrected chi connectivity index (χ4v) is 10.2. The van der Waals surface area contributed by atoms with Crippen LogP contribution in [0.2, 0.25) is 0 Å². The Balaban J connectivity index is 0.705. The zero-order valence-corrected chi connectivity index (χ0v) is 37.0. The quantitative estimate of drug-likeness (QED) is 0.0575. The average Bonchev–Trinajstić information content (AvgIpc) is 3.84. The van der Waals surface area contributed by atoms with Gasteiger partial charge in [-0.1, -0.05) is 36.8 Å². The number of amides is 5. The number of nitrogens with two attached hydrogens (primary N) is 1. The molecule has 0 radical (unpaired) electrons. The van der Waals surface area contributed by atoms with Gasteiger partial charge in [-0.2, -0.15) is 5.10 Å². The number of piperidine rings is 2. The molecule has 2 unspecified atom stereocenters. The van der Waals surface area contributed by atoms with Crippen LogP contribution < -0.4 is 15.8 Å². The standard InChI is InChI=1S/C48H52N10O6S/c49-44-42-43(32-16-18-35(19-17-32)64-34-11-3-1-4-12-34)53-58(45(42)51-31-50-44)33-10-8-24-56(30-33)40(60)15-9-23-55-27-25-54(26-28-55)22-5-2-6-29-65-38-14-7-13-36-41(38)48(63)57(47(36)62)37-20-21-39(59)52-46(37)61/h1,3-4,7,9,11-19,31,33,37H,2,5-6,8,10,20-30H2,(H2,49,50,51)(H,52,59,61)/b15-9+. The van der Waals surface area contributed by atoms with Crippen LogP contribution >= 0.6 is 11.8 Å². The predicted octanol–water partition coefficient (Wildman–Crippen LogP) is 5.57. The van der Waals surface area contributed by atoms with Gasteiger partial charge in [0.15, 0.2) is 5.65 Å². The van der Waals surface area contributed by atoms with E-state index in [1.165, 1.54) is 6.33 Å². The molecule has 2 atom stereocenters. The highest BCUT2D eigenvalue weighted by atomic mass is 32.2. The van der Waals surface area contributed by atoms with Crippen molar-refractivity contribution in [3.8, 4) is 22.8 Å². The minimum atomic E-state index is -0.970. The summed E-state index contributed by atoms with van der Waals surface area (Å²) < 4.78 is 7.91. The zero-order valence-electron chi connectivity index (χ0n) is 36.1. The highest BCUT2D eigenvalue weighted by molar-refractivity contribution is 7.99. The molecule has 16 nitrogen and oxygen atoms in total. The molecule has 6 heterocycles. The van der Waals surface area contributed by atoms with Gasteiger partial charge in [-0.15, -0.1) is 11.8 Å². The Hall–Kier alpha value is -6.43. The summed E-state index contributed by atoms with van der Waals surface area (Å²) in [5, 5.41) is 7.99. The number of unbranched alkanes of at least 4 members (excludes halogenated alkanes) is 2. The van der Waals surface area contributed by atoms with Crippen molar-refractivity contribution in [2.45, 2.75) is 61.9 Å². The van der Waals surface area contributed by atoms with Crippen molar-refractivity contribution in [3.63, 3.8) is 0 Å². The second-order valence-electron chi connectivity index (χ2n) is 16.9. The molecule has 3 aromatic carbocycles. The second kappa shape index (κ2) is 19.8. The van der Waals surface area contributed by atoms with Crippen LogP contribution in [0.25, 0.3) is 22.3 Å². The number of likely N-dealkylation sites (tertiary alicyclic amines) is 1. The van der Waals surface area contributed by atoms with E-state index in [9.17, 15) is 24.0 Å². The third kappa shape index (κ3) is 9.67. The minimum Gasteiger partial charge on any atom is -0.457 e. The molecule has 2 aromatic heterocycles. The number of ether oxygens (including phenoxy) is 1. The molecule has 3 fully saturated rings. The molecular weight excluding hydrogens is 845 g/mol. The summed E-state index contributed by atoms with van der Waals surface area (Å²) in [4.78, 5) is 81.6. The van der Waals surface area contributed by atoms with Crippen LogP contribution in [0.15, 0.2) is 96.2 Å². The lowest BCUT2D eigenvalue weighted by molar-refractivity contribution is -0.136. The summed E-state index contributed by atoms with van der Waals surface area (Å²) in [5.41, 5.74) is 9.30. The van der Waals surface area contributed by atoms with Gasteiger partial charge in [0.05, 0.1) is 22.6 Å². The number of imide groups is 2. The number of nitrogens with zero attached hydrogens (tertiary/aromatic N) is 8. The zero-order chi connectivity index (χ0) is 44.9. The summed E-state index contributed by atoms with van der Waals surface area (Å²) in [6, 6.07) is 21.6. The number of hydrogen-bond acceptors (Lipinski definition) is 13. The lowest BCUT2D eigenvalue weighted by Crippen LogP contribution is -2.54. The van der Waals surface area contributed by atoms with Crippen molar-refractivity contribution in [1.82, 2.24) is 44.7 Å². The minimum absolute atomic E-state index is 0.00253. The van der Waals surface area contributed by atoms with E-state index in [0.29, 0.717) is 52.5 Å². The first-order valence-corrected chi connectivity index (χ1v) is 23.4. The lowest BCUT2D eigenvalue weighted by Gasteiger charge is -2.34. The van der Waals surface area contributed by atoms with Crippen molar-refractivity contribution in [2.75, 3.05) is 63.8 Å². The number of aromatic nitrogens is 4. The Kier molecular flexibility index (Phi) is 13.3. The molecule has 65 heavy (non-hydrogen) atoms. The van der Waals surface area contributed by atoms with Crippen LogP contribution in [0, 0.1) is 0 Å². The number of para-hydroxylation sites is 1. The first kappa shape index (κ1) is 43.8. The fraction of sp³-hybridized carbons (Fsp3) is 0.375. The Labute approximate surface area is 381 Å². The van der Waals surface area contributed by atoms with E-state index in [1.807, 2.05) is 76.3 Å². The Bertz CT molecular complexity index is 2610. The van der Waals surface area contributed by atoms with E-state index in [0.717, 1.165) is 98.2 Å². The third-order valence-corrected chi connectivity index (χ3v) is 13.7. The van der Waals surface area contributed by atoms with Crippen molar-refractivity contribution >= 4 is 58.1 Å². The highest BCUT2D eigenvalue weighted by Gasteiger charge is 2.45. The maximum atomic E-state index is 13.5. The molecule has 4 aliphatic heterocycles. The molecular formula is C48H52N10O6S. The van der Waals surface area contributed by atoms with E-state index >= 15 is 0 Å². The number of fused-ring (bicyclic) bond motifs is 2.